The summed E-state index contributed by atoms with van der Waals surface area (Å²) in [6, 6.07) is -0.664. The summed E-state index contributed by atoms with van der Waals surface area (Å²) in [5.41, 5.74) is -0.305. The van der Waals surface area contributed by atoms with E-state index in [1.165, 1.54) is 0 Å². The molecule has 5 nitrogen and oxygen atoms in total. The van der Waals surface area contributed by atoms with Crippen LogP contribution in [0.15, 0.2) is 0 Å². The van der Waals surface area contributed by atoms with Gasteiger partial charge in [0.2, 0.25) is 0 Å². The van der Waals surface area contributed by atoms with Crippen LogP contribution in [0.3, 0.4) is 0 Å². The third kappa shape index (κ3) is 5.21. The van der Waals surface area contributed by atoms with Crippen molar-refractivity contribution in [3.05, 3.63) is 0 Å². The van der Waals surface area contributed by atoms with Crippen LogP contribution in [0.1, 0.15) is 45.4 Å². The molecule has 106 valence electrons. The summed E-state index contributed by atoms with van der Waals surface area (Å²) < 4.78 is 0. The molecule has 2 amide bonds. The van der Waals surface area contributed by atoms with E-state index in [9.17, 15) is 9.59 Å². The van der Waals surface area contributed by atoms with E-state index in [1.54, 1.807) is 6.92 Å². The number of aliphatic carboxylic acids is 1. The van der Waals surface area contributed by atoms with Gasteiger partial charge in [0.15, 0.2) is 0 Å². The first-order valence-electron chi connectivity index (χ1n) is 6.70. The summed E-state index contributed by atoms with van der Waals surface area (Å²) in [7, 11) is 0. The van der Waals surface area contributed by atoms with Crippen LogP contribution in [0.2, 0.25) is 0 Å². The zero-order valence-electron chi connectivity index (χ0n) is 11.4. The molecule has 3 N–H and O–H groups in total. The lowest BCUT2D eigenvalue weighted by atomic mass is 9.72. The number of carbonyl (C=O) groups is 2. The standard InChI is InChI=1S/C14H22N2O3/c1-3-11(2)16-13(19)15-10-14(9-12(17)18)7-5-4-6-8-14/h1,11H,4-10H2,2H3,(H,17,18)(H2,15,16,19). The molecule has 0 radical (unpaired) electrons. The van der Waals surface area contributed by atoms with Crippen LogP contribution in [-0.2, 0) is 4.79 Å². The summed E-state index contributed by atoms with van der Waals surface area (Å²) in [6.07, 6.45) is 10.2. The van der Waals surface area contributed by atoms with E-state index < -0.39 is 5.97 Å². The van der Waals surface area contributed by atoms with Crippen LogP contribution < -0.4 is 10.6 Å². The lowest BCUT2D eigenvalue weighted by molar-refractivity contribution is -0.140. The van der Waals surface area contributed by atoms with Crippen molar-refractivity contribution in [2.45, 2.75) is 51.5 Å². The molecular formula is C14H22N2O3. The van der Waals surface area contributed by atoms with E-state index in [0.717, 1.165) is 32.1 Å². The number of amides is 2. The Hall–Kier alpha value is -1.70. The van der Waals surface area contributed by atoms with Crippen LogP contribution in [-0.4, -0.2) is 29.7 Å². The minimum atomic E-state index is -0.805. The van der Waals surface area contributed by atoms with Gasteiger partial charge in [-0.05, 0) is 25.2 Å². The van der Waals surface area contributed by atoms with Crippen LogP contribution in [0.25, 0.3) is 0 Å². The summed E-state index contributed by atoms with van der Waals surface area (Å²) in [5.74, 6) is 1.60. The molecule has 0 aromatic rings. The fourth-order valence-electron chi connectivity index (χ4n) is 2.60. The fraction of sp³-hybridized carbons (Fsp3) is 0.714. The molecule has 1 atom stereocenters. The molecule has 1 aliphatic carbocycles. The number of hydrogen-bond donors (Lipinski definition) is 3. The van der Waals surface area contributed by atoms with E-state index >= 15 is 0 Å². The van der Waals surface area contributed by atoms with Gasteiger partial charge in [0, 0.05) is 6.54 Å². The molecule has 1 unspecified atom stereocenters. The number of hydrogen-bond acceptors (Lipinski definition) is 2. The Kier molecular flexibility index (Phi) is 5.68. The average molecular weight is 266 g/mol. The maximum atomic E-state index is 11.6. The second-order valence-corrected chi connectivity index (χ2v) is 5.35. The van der Waals surface area contributed by atoms with Crippen molar-refractivity contribution in [3.63, 3.8) is 0 Å². The fourth-order valence-corrected chi connectivity index (χ4v) is 2.60. The van der Waals surface area contributed by atoms with E-state index in [2.05, 4.69) is 16.6 Å². The molecule has 1 fully saturated rings. The zero-order chi connectivity index (χ0) is 14.3. The minimum Gasteiger partial charge on any atom is -0.481 e. The Morgan fingerprint density at radius 2 is 2.00 bits per heavy atom. The third-order valence-corrected chi connectivity index (χ3v) is 3.66. The number of carboxylic acid groups (broad SMARTS) is 1. The maximum absolute atomic E-state index is 11.6. The lowest BCUT2D eigenvalue weighted by Gasteiger charge is -2.36. The molecule has 1 aliphatic rings. The van der Waals surface area contributed by atoms with Gasteiger partial charge in [-0.2, -0.15) is 0 Å². The van der Waals surface area contributed by atoms with Crippen molar-refractivity contribution >= 4 is 12.0 Å². The van der Waals surface area contributed by atoms with Crippen LogP contribution >= 0.6 is 0 Å². The van der Waals surface area contributed by atoms with E-state index in [-0.39, 0.29) is 23.9 Å². The number of nitrogens with one attached hydrogen (secondary N) is 2. The maximum Gasteiger partial charge on any atom is 0.315 e. The molecule has 0 saturated heterocycles. The molecule has 0 heterocycles. The van der Waals surface area contributed by atoms with Gasteiger partial charge in [0.1, 0.15) is 0 Å². The number of carboxylic acids is 1. The van der Waals surface area contributed by atoms with E-state index in [0.29, 0.717) is 6.54 Å². The first-order valence-corrected chi connectivity index (χ1v) is 6.70. The van der Waals surface area contributed by atoms with Crippen LogP contribution in [0.4, 0.5) is 4.79 Å². The zero-order valence-corrected chi connectivity index (χ0v) is 11.4. The summed E-state index contributed by atoms with van der Waals surface area (Å²) in [4.78, 5) is 22.6. The molecule has 1 rings (SSSR count). The van der Waals surface area contributed by atoms with Crippen molar-refractivity contribution in [2.75, 3.05) is 6.54 Å². The second-order valence-electron chi connectivity index (χ2n) is 5.35. The van der Waals surface area contributed by atoms with Gasteiger partial charge in [-0.15, -0.1) is 6.42 Å². The van der Waals surface area contributed by atoms with Gasteiger partial charge >= 0.3 is 12.0 Å². The molecular weight excluding hydrogens is 244 g/mol. The number of urea groups is 1. The summed E-state index contributed by atoms with van der Waals surface area (Å²) in [6.45, 7) is 2.11. The largest absolute Gasteiger partial charge is 0.481 e. The van der Waals surface area contributed by atoms with Crippen LogP contribution in [0.5, 0.6) is 0 Å². The van der Waals surface area contributed by atoms with Gasteiger partial charge in [-0.3, -0.25) is 4.79 Å². The first-order chi connectivity index (χ1) is 8.97. The van der Waals surface area contributed by atoms with E-state index in [1.807, 2.05) is 0 Å². The quantitative estimate of drug-likeness (QED) is 0.663. The predicted molar refractivity (Wildman–Crippen MR) is 72.6 cm³/mol. The highest BCUT2D eigenvalue weighted by Crippen LogP contribution is 2.38. The number of terminal acetylenes is 1. The Labute approximate surface area is 114 Å². The molecule has 0 aromatic carbocycles. The van der Waals surface area contributed by atoms with Crippen molar-refractivity contribution in [2.24, 2.45) is 5.41 Å². The van der Waals surface area contributed by atoms with Crippen molar-refractivity contribution < 1.29 is 14.7 Å². The third-order valence-electron chi connectivity index (χ3n) is 3.66. The lowest BCUT2D eigenvalue weighted by Crippen LogP contribution is -2.46. The molecule has 0 spiro atoms. The summed E-state index contributed by atoms with van der Waals surface area (Å²) >= 11 is 0. The van der Waals surface area contributed by atoms with Crippen LogP contribution in [0, 0.1) is 17.8 Å². The van der Waals surface area contributed by atoms with Crippen molar-refractivity contribution in [1.29, 1.82) is 0 Å². The Bertz CT molecular complexity index is 367. The summed E-state index contributed by atoms with van der Waals surface area (Å²) in [5, 5.41) is 14.4. The molecule has 0 bridgehead atoms. The first kappa shape index (κ1) is 15.4. The second kappa shape index (κ2) is 7.03. The van der Waals surface area contributed by atoms with Gasteiger partial charge in [-0.25, -0.2) is 4.79 Å². The van der Waals surface area contributed by atoms with E-state index in [4.69, 9.17) is 11.5 Å². The minimum absolute atomic E-state index is 0.109. The Morgan fingerprint density at radius 1 is 1.37 bits per heavy atom. The Morgan fingerprint density at radius 3 is 2.53 bits per heavy atom. The average Bonchev–Trinajstić information content (AvgIpc) is 2.36. The molecule has 0 aromatic heterocycles. The normalized spacial score (nSPS) is 18.9. The highest BCUT2D eigenvalue weighted by atomic mass is 16.4. The van der Waals surface area contributed by atoms with Gasteiger partial charge < -0.3 is 15.7 Å². The van der Waals surface area contributed by atoms with Gasteiger partial charge in [0.05, 0.1) is 12.5 Å². The van der Waals surface area contributed by atoms with Gasteiger partial charge in [-0.1, -0.05) is 25.2 Å². The Balaban J connectivity index is 2.51. The SMILES string of the molecule is C#CC(C)NC(=O)NCC1(CC(=O)O)CCCCC1. The van der Waals surface area contributed by atoms with Crippen molar-refractivity contribution in [3.8, 4) is 12.3 Å². The molecule has 0 aliphatic heterocycles. The highest BCUT2D eigenvalue weighted by molar-refractivity contribution is 5.75. The van der Waals surface area contributed by atoms with Gasteiger partial charge in [0.25, 0.3) is 0 Å². The number of rotatable bonds is 5. The molecule has 19 heavy (non-hydrogen) atoms. The van der Waals surface area contributed by atoms with Crippen molar-refractivity contribution in [1.82, 2.24) is 10.6 Å². The monoisotopic (exact) mass is 266 g/mol. The topological polar surface area (TPSA) is 78.4 Å². The number of carbonyl (C=O) groups excluding carboxylic acids is 1. The smallest absolute Gasteiger partial charge is 0.315 e. The predicted octanol–water partition coefficient (Wildman–Crippen LogP) is 1.73. The highest BCUT2D eigenvalue weighted by Gasteiger charge is 2.34. The molecule has 1 saturated carbocycles. The molecule has 5 heteroatoms.